The third-order valence-electron chi connectivity index (χ3n) is 9.28. The minimum Gasteiger partial charge on any atom is -0.472 e. The molecule has 3 aliphatic heterocycles. The molecule has 0 amide bonds. The number of fused-ring (bicyclic) bond motifs is 3. The van der Waals surface area contributed by atoms with Crippen LogP contribution in [0.5, 0.6) is 0 Å². The van der Waals surface area contributed by atoms with E-state index in [-0.39, 0.29) is 24.5 Å². The van der Waals surface area contributed by atoms with Gasteiger partial charge in [0.05, 0.1) is 24.5 Å². The van der Waals surface area contributed by atoms with Crippen LogP contribution in [0.4, 0.5) is 0 Å². The first kappa shape index (κ1) is 21.1. The minimum atomic E-state index is -1.08. The summed E-state index contributed by atoms with van der Waals surface area (Å²) in [7, 11) is 0. The lowest BCUT2D eigenvalue weighted by Gasteiger charge is -2.61. The van der Waals surface area contributed by atoms with Crippen LogP contribution in [0.15, 0.2) is 35.2 Å². The Kier molecular flexibility index (Phi) is 3.94. The van der Waals surface area contributed by atoms with Gasteiger partial charge in [0, 0.05) is 35.3 Å². The van der Waals surface area contributed by atoms with Gasteiger partial charge in [-0.15, -0.1) is 0 Å². The van der Waals surface area contributed by atoms with Crippen molar-refractivity contribution in [1.82, 2.24) is 0 Å². The number of aliphatic hydroxyl groups excluding tert-OH is 1. The maximum atomic E-state index is 13.9. The number of hydrogen-bond acceptors (Lipinski definition) is 8. The van der Waals surface area contributed by atoms with Gasteiger partial charge in [-0.2, -0.15) is 0 Å². The van der Waals surface area contributed by atoms with E-state index >= 15 is 0 Å². The third kappa shape index (κ3) is 2.41. The summed E-state index contributed by atoms with van der Waals surface area (Å²) in [5.41, 5.74) is -2.85. The zero-order chi connectivity index (χ0) is 23.6. The summed E-state index contributed by atoms with van der Waals surface area (Å²) in [5, 5.41) is 11.6. The molecule has 4 fully saturated rings. The predicted octanol–water partition coefficient (Wildman–Crippen LogP) is 2.51. The summed E-state index contributed by atoms with van der Waals surface area (Å²) in [6, 6.07) is 1.73. The van der Waals surface area contributed by atoms with Gasteiger partial charge in [-0.25, -0.2) is 9.59 Å². The molecule has 4 heterocycles. The van der Waals surface area contributed by atoms with Gasteiger partial charge < -0.3 is 23.7 Å². The molecule has 2 saturated heterocycles. The highest BCUT2D eigenvalue weighted by Gasteiger charge is 2.85. The van der Waals surface area contributed by atoms with Crippen LogP contribution >= 0.6 is 0 Å². The Morgan fingerprint density at radius 3 is 2.55 bits per heavy atom. The molecule has 5 aliphatic rings. The lowest BCUT2D eigenvalue weighted by Crippen LogP contribution is -2.69. The van der Waals surface area contributed by atoms with Crippen LogP contribution in [0.2, 0.25) is 0 Å². The molecule has 0 aromatic carbocycles. The second-order valence-electron chi connectivity index (χ2n) is 11.3. The highest BCUT2D eigenvalue weighted by molar-refractivity contribution is 5.91. The molecule has 2 saturated carbocycles. The molecule has 1 N–H and O–H groups in total. The lowest BCUT2D eigenvalue weighted by atomic mass is 9.42. The first-order valence-electron chi connectivity index (χ1n) is 11.5. The van der Waals surface area contributed by atoms with Crippen molar-refractivity contribution in [1.29, 1.82) is 0 Å². The van der Waals surface area contributed by atoms with Gasteiger partial charge in [-0.3, -0.25) is 4.79 Å². The molecular weight excluding hydrogens is 428 g/mol. The van der Waals surface area contributed by atoms with Crippen molar-refractivity contribution in [2.24, 2.45) is 28.6 Å². The monoisotopic (exact) mass is 456 g/mol. The van der Waals surface area contributed by atoms with Crippen LogP contribution in [0.3, 0.4) is 0 Å². The summed E-state index contributed by atoms with van der Waals surface area (Å²) in [6.45, 7) is 7.54. The number of allylic oxidation sites excluding steroid dienone is 1. The molecule has 8 nitrogen and oxygen atoms in total. The van der Waals surface area contributed by atoms with E-state index < -0.39 is 64.1 Å². The Morgan fingerprint density at radius 1 is 1.09 bits per heavy atom. The van der Waals surface area contributed by atoms with Crippen LogP contribution in [0.1, 0.15) is 52.2 Å². The van der Waals surface area contributed by atoms with Crippen molar-refractivity contribution in [3.8, 4) is 0 Å². The van der Waals surface area contributed by atoms with E-state index in [1.54, 1.807) is 12.1 Å². The van der Waals surface area contributed by atoms with Gasteiger partial charge in [0.25, 0.3) is 0 Å². The summed E-state index contributed by atoms with van der Waals surface area (Å²) < 4.78 is 22.9. The largest absolute Gasteiger partial charge is 0.472 e. The van der Waals surface area contributed by atoms with Crippen molar-refractivity contribution < 1.29 is 38.1 Å². The number of carbonyl (C=O) groups is 3. The molecule has 6 rings (SSSR count). The molecule has 9 atom stereocenters. The fourth-order valence-corrected chi connectivity index (χ4v) is 7.93. The fraction of sp³-hybridized carbons (Fsp3) is 0.640. The highest BCUT2D eigenvalue weighted by Crippen LogP contribution is 2.74. The van der Waals surface area contributed by atoms with Crippen LogP contribution in [-0.2, 0) is 28.6 Å². The Balaban J connectivity index is 1.52. The minimum absolute atomic E-state index is 0.0741. The molecule has 1 spiro atoms. The average molecular weight is 456 g/mol. The van der Waals surface area contributed by atoms with E-state index in [1.165, 1.54) is 18.6 Å². The number of rotatable bonds is 1. The highest BCUT2D eigenvalue weighted by atomic mass is 16.7. The molecular formula is C25H28O8. The molecule has 176 valence electrons. The number of carbonyl (C=O) groups excluding carboxylic acids is 3. The zero-order valence-corrected chi connectivity index (χ0v) is 19.1. The van der Waals surface area contributed by atoms with Crippen molar-refractivity contribution >= 4 is 17.7 Å². The average Bonchev–Trinajstić information content (AvgIpc) is 3.29. The van der Waals surface area contributed by atoms with Gasteiger partial charge in [0.15, 0.2) is 6.10 Å². The van der Waals surface area contributed by atoms with Gasteiger partial charge in [-0.05, 0) is 31.7 Å². The normalized spacial score (nSPS) is 49.5. The second-order valence-corrected chi connectivity index (χ2v) is 11.3. The van der Waals surface area contributed by atoms with E-state index in [4.69, 9.17) is 18.6 Å². The molecule has 9 unspecified atom stereocenters. The summed E-state index contributed by atoms with van der Waals surface area (Å²) >= 11 is 0. The Bertz CT molecular complexity index is 1090. The first-order valence-corrected chi connectivity index (χ1v) is 11.5. The second kappa shape index (κ2) is 6.16. The number of aliphatic hydroxyl groups is 1. The SMILES string of the molecule is CC1(C)OC(=O)C=CC2(C)C3C(O)CC4(C)C(c5ccoc5)OC(=O)C5OC54C3C(=O)CC12. The van der Waals surface area contributed by atoms with Gasteiger partial charge in [0.2, 0.25) is 0 Å². The van der Waals surface area contributed by atoms with E-state index in [2.05, 4.69) is 0 Å². The number of furan rings is 1. The van der Waals surface area contributed by atoms with Crippen LogP contribution in [0, 0.1) is 28.6 Å². The first-order chi connectivity index (χ1) is 15.5. The fourth-order valence-electron chi connectivity index (χ4n) is 7.93. The molecule has 1 aromatic rings. The Morgan fingerprint density at radius 2 is 1.85 bits per heavy atom. The maximum Gasteiger partial charge on any atom is 0.339 e. The van der Waals surface area contributed by atoms with E-state index in [0.29, 0.717) is 5.56 Å². The molecule has 2 aliphatic carbocycles. The van der Waals surface area contributed by atoms with Crippen molar-refractivity contribution in [2.75, 3.05) is 0 Å². The third-order valence-corrected chi connectivity index (χ3v) is 9.28. The summed E-state index contributed by atoms with van der Waals surface area (Å²) in [4.78, 5) is 39.1. The van der Waals surface area contributed by atoms with Crippen LogP contribution in [0.25, 0.3) is 0 Å². The van der Waals surface area contributed by atoms with Gasteiger partial charge in [0.1, 0.15) is 23.1 Å². The number of ketones is 1. The standard InChI is InChI=1S/C25H28O8/c1-22(2)15-9-13(26)18-17(23(15,3)7-5-16(28)32-22)14(27)10-24(4)19(12-6-8-30-11-12)31-21(29)20-25(18,24)33-20/h5-8,11,14-15,17-20,27H,9-10H2,1-4H3. The van der Waals surface area contributed by atoms with Crippen molar-refractivity contribution in [3.63, 3.8) is 0 Å². The van der Waals surface area contributed by atoms with Gasteiger partial charge >= 0.3 is 11.9 Å². The quantitative estimate of drug-likeness (QED) is 0.506. The zero-order valence-electron chi connectivity index (χ0n) is 19.1. The predicted molar refractivity (Wildman–Crippen MR) is 111 cm³/mol. The number of ether oxygens (including phenoxy) is 3. The molecule has 1 aromatic heterocycles. The number of hydrogen-bond donors (Lipinski definition) is 1. The smallest absolute Gasteiger partial charge is 0.339 e. The van der Waals surface area contributed by atoms with E-state index in [0.717, 1.165) is 0 Å². The lowest BCUT2D eigenvalue weighted by molar-refractivity contribution is -0.215. The van der Waals surface area contributed by atoms with Crippen LogP contribution in [-0.4, -0.2) is 46.2 Å². The maximum absolute atomic E-state index is 13.9. The topological polar surface area (TPSA) is 116 Å². The van der Waals surface area contributed by atoms with Crippen molar-refractivity contribution in [3.05, 3.63) is 36.3 Å². The number of Topliss-reactive ketones (excluding diaryl/α,β-unsaturated/α-hetero) is 1. The molecule has 8 heteroatoms. The van der Waals surface area contributed by atoms with E-state index in [1.807, 2.05) is 27.7 Å². The summed E-state index contributed by atoms with van der Waals surface area (Å²) in [5.74, 6) is -2.61. The van der Waals surface area contributed by atoms with Gasteiger partial charge in [-0.1, -0.05) is 19.9 Å². The number of epoxide rings is 1. The number of esters is 2. The molecule has 0 radical (unpaired) electrons. The molecule has 0 bridgehead atoms. The molecule has 33 heavy (non-hydrogen) atoms. The Hall–Kier alpha value is -2.45. The van der Waals surface area contributed by atoms with Crippen molar-refractivity contribution in [2.45, 2.75) is 70.1 Å². The Labute approximate surface area is 191 Å². The van der Waals surface area contributed by atoms with E-state index in [9.17, 15) is 19.5 Å². The van der Waals surface area contributed by atoms with Crippen LogP contribution < -0.4 is 0 Å². The number of cyclic esters (lactones) is 2. The summed E-state index contributed by atoms with van der Waals surface area (Å²) in [6.07, 6.45) is 4.23.